The molecule has 0 spiro atoms. The maximum Gasteiger partial charge on any atom is 0.130 e. The van der Waals surface area contributed by atoms with Crippen LogP contribution in [0, 0.1) is 13.8 Å². The molecule has 0 radical (unpaired) electrons. The molecule has 1 aliphatic heterocycles. The SMILES string of the molecule is Cc1cc2c(c(-c3c(C)cccc3Cl)c1)OCC2. The van der Waals surface area contributed by atoms with Crippen molar-refractivity contribution in [2.24, 2.45) is 0 Å². The highest BCUT2D eigenvalue weighted by atomic mass is 35.5. The monoisotopic (exact) mass is 258 g/mol. The van der Waals surface area contributed by atoms with Gasteiger partial charge in [-0.2, -0.15) is 0 Å². The fraction of sp³-hybridized carbons (Fsp3) is 0.250. The molecule has 0 fully saturated rings. The molecule has 0 N–H and O–H groups in total. The van der Waals surface area contributed by atoms with Gasteiger partial charge in [-0.25, -0.2) is 0 Å². The first kappa shape index (κ1) is 11.6. The van der Waals surface area contributed by atoms with E-state index >= 15 is 0 Å². The van der Waals surface area contributed by atoms with Gasteiger partial charge in [0, 0.05) is 22.6 Å². The van der Waals surface area contributed by atoms with Gasteiger partial charge < -0.3 is 4.74 Å². The van der Waals surface area contributed by atoms with E-state index in [1.54, 1.807) is 0 Å². The minimum atomic E-state index is 0.773. The topological polar surface area (TPSA) is 9.23 Å². The second-order valence-electron chi connectivity index (χ2n) is 4.83. The summed E-state index contributed by atoms with van der Waals surface area (Å²) in [4.78, 5) is 0. The van der Waals surface area contributed by atoms with Gasteiger partial charge >= 0.3 is 0 Å². The van der Waals surface area contributed by atoms with Crippen LogP contribution in [0.5, 0.6) is 5.75 Å². The molecule has 0 saturated heterocycles. The molecule has 0 aliphatic carbocycles. The van der Waals surface area contributed by atoms with Crippen molar-refractivity contribution in [3.8, 4) is 16.9 Å². The molecule has 0 aromatic heterocycles. The van der Waals surface area contributed by atoms with Gasteiger partial charge in [-0.05, 0) is 42.7 Å². The molecule has 0 saturated carbocycles. The zero-order valence-corrected chi connectivity index (χ0v) is 11.3. The van der Waals surface area contributed by atoms with Gasteiger partial charge in [0.2, 0.25) is 0 Å². The quantitative estimate of drug-likeness (QED) is 0.729. The van der Waals surface area contributed by atoms with Gasteiger partial charge in [0.15, 0.2) is 0 Å². The Balaban J connectivity index is 2.30. The minimum absolute atomic E-state index is 0.773. The lowest BCUT2D eigenvalue weighted by Crippen LogP contribution is -1.92. The highest BCUT2D eigenvalue weighted by Crippen LogP contribution is 2.42. The summed E-state index contributed by atoms with van der Waals surface area (Å²) in [5, 5.41) is 0.790. The van der Waals surface area contributed by atoms with Gasteiger partial charge in [0.1, 0.15) is 5.75 Å². The number of hydrogen-bond donors (Lipinski definition) is 0. The Morgan fingerprint density at radius 2 is 2.00 bits per heavy atom. The van der Waals surface area contributed by atoms with Crippen molar-refractivity contribution in [3.05, 3.63) is 52.0 Å². The first-order chi connectivity index (χ1) is 8.66. The smallest absolute Gasteiger partial charge is 0.130 e. The third-order valence-corrected chi connectivity index (χ3v) is 3.73. The summed E-state index contributed by atoms with van der Waals surface area (Å²) in [6, 6.07) is 10.4. The Morgan fingerprint density at radius 3 is 2.78 bits per heavy atom. The third-order valence-electron chi connectivity index (χ3n) is 3.42. The molecule has 92 valence electrons. The lowest BCUT2D eigenvalue weighted by molar-refractivity contribution is 0.358. The highest BCUT2D eigenvalue weighted by molar-refractivity contribution is 6.33. The Labute approximate surface area is 112 Å². The molecule has 2 heteroatoms. The molecule has 0 unspecified atom stereocenters. The van der Waals surface area contributed by atoms with Crippen molar-refractivity contribution in [1.29, 1.82) is 0 Å². The number of rotatable bonds is 1. The van der Waals surface area contributed by atoms with Crippen LogP contribution in [-0.2, 0) is 6.42 Å². The molecular weight excluding hydrogens is 244 g/mol. The zero-order chi connectivity index (χ0) is 12.7. The Hall–Kier alpha value is -1.47. The average molecular weight is 259 g/mol. The summed E-state index contributed by atoms with van der Waals surface area (Å²) in [7, 11) is 0. The summed E-state index contributed by atoms with van der Waals surface area (Å²) in [5.41, 5.74) is 5.97. The lowest BCUT2D eigenvalue weighted by atomic mass is 9.95. The van der Waals surface area contributed by atoms with E-state index < -0.39 is 0 Å². The molecule has 0 bridgehead atoms. The molecule has 0 amide bonds. The van der Waals surface area contributed by atoms with Crippen molar-refractivity contribution in [3.63, 3.8) is 0 Å². The number of aryl methyl sites for hydroxylation is 2. The van der Waals surface area contributed by atoms with Crippen molar-refractivity contribution in [2.45, 2.75) is 20.3 Å². The predicted octanol–water partition coefficient (Wildman–Crippen LogP) is 4.56. The van der Waals surface area contributed by atoms with Crippen LogP contribution in [-0.4, -0.2) is 6.61 Å². The van der Waals surface area contributed by atoms with E-state index in [0.29, 0.717) is 0 Å². The van der Waals surface area contributed by atoms with Gasteiger partial charge in [-0.3, -0.25) is 0 Å². The van der Waals surface area contributed by atoms with E-state index in [1.165, 1.54) is 16.7 Å². The fourth-order valence-electron chi connectivity index (χ4n) is 2.63. The molecule has 2 aromatic rings. The molecular formula is C16H15ClO. The second kappa shape index (κ2) is 4.33. The molecule has 3 rings (SSSR count). The first-order valence-electron chi connectivity index (χ1n) is 6.18. The fourth-order valence-corrected chi connectivity index (χ4v) is 2.95. The van der Waals surface area contributed by atoms with Crippen molar-refractivity contribution < 1.29 is 4.74 Å². The summed E-state index contributed by atoms with van der Waals surface area (Å²) in [6.45, 7) is 4.98. The van der Waals surface area contributed by atoms with Crippen molar-refractivity contribution in [2.75, 3.05) is 6.61 Å². The zero-order valence-electron chi connectivity index (χ0n) is 10.6. The summed E-state index contributed by atoms with van der Waals surface area (Å²) in [6.07, 6.45) is 0.994. The van der Waals surface area contributed by atoms with Crippen LogP contribution in [0.3, 0.4) is 0 Å². The normalized spacial score (nSPS) is 13.3. The standard InChI is InChI=1S/C16H15ClO/c1-10-8-12-6-7-18-16(12)13(9-10)15-11(2)4-3-5-14(15)17/h3-5,8-9H,6-7H2,1-2H3. The van der Waals surface area contributed by atoms with Crippen LogP contribution in [0.4, 0.5) is 0 Å². The van der Waals surface area contributed by atoms with Crippen molar-refractivity contribution in [1.82, 2.24) is 0 Å². The maximum absolute atomic E-state index is 6.36. The first-order valence-corrected chi connectivity index (χ1v) is 6.56. The third kappa shape index (κ3) is 1.79. The molecule has 1 nitrogen and oxygen atoms in total. The largest absolute Gasteiger partial charge is 0.492 e. The average Bonchev–Trinajstić information content (AvgIpc) is 2.76. The number of fused-ring (bicyclic) bond motifs is 1. The number of benzene rings is 2. The van der Waals surface area contributed by atoms with Crippen LogP contribution < -0.4 is 4.74 Å². The van der Waals surface area contributed by atoms with Crippen LogP contribution in [0.25, 0.3) is 11.1 Å². The van der Waals surface area contributed by atoms with Gasteiger partial charge in [0.25, 0.3) is 0 Å². The van der Waals surface area contributed by atoms with E-state index in [0.717, 1.165) is 34.9 Å². The van der Waals surface area contributed by atoms with Crippen LogP contribution in [0.15, 0.2) is 30.3 Å². The molecule has 1 heterocycles. The summed E-state index contributed by atoms with van der Waals surface area (Å²) in [5.74, 6) is 1.01. The molecule has 0 atom stereocenters. The summed E-state index contributed by atoms with van der Waals surface area (Å²) >= 11 is 6.36. The van der Waals surface area contributed by atoms with E-state index in [1.807, 2.05) is 12.1 Å². The molecule has 2 aromatic carbocycles. The Kier molecular flexibility index (Phi) is 2.79. The number of hydrogen-bond acceptors (Lipinski definition) is 1. The number of halogens is 1. The van der Waals surface area contributed by atoms with E-state index in [9.17, 15) is 0 Å². The van der Waals surface area contributed by atoms with E-state index in [2.05, 4.69) is 32.0 Å². The van der Waals surface area contributed by atoms with Crippen LogP contribution >= 0.6 is 11.6 Å². The molecule has 1 aliphatic rings. The van der Waals surface area contributed by atoms with Gasteiger partial charge in [-0.1, -0.05) is 29.8 Å². The van der Waals surface area contributed by atoms with Crippen LogP contribution in [0.1, 0.15) is 16.7 Å². The predicted molar refractivity (Wildman–Crippen MR) is 75.6 cm³/mol. The second-order valence-corrected chi connectivity index (χ2v) is 5.24. The van der Waals surface area contributed by atoms with Gasteiger partial charge in [0.05, 0.1) is 6.61 Å². The Morgan fingerprint density at radius 1 is 1.17 bits per heavy atom. The number of ether oxygens (including phenoxy) is 1. The van der Waals surface area contributed by atoms with E-state index in [-0.39, 0.29) is 0 Å². The minimum Gasteiger partial charge on any atom is -0.492 e. The van der Waals surface area contributed by atoms with Gasteiger partial charge in [-0.15, -0.1) is 0 Å². The lowest BCUT2D eigenvalue weighted by Gasteiger charge is -2.13. The maximum atomic E-state index is 6.36. The van der Waals surface area contributed by atoms with E-state index in [4.69, 9.17) is 16.3 Å². The highest BCUT2D eigenvalue weighted by Gasteiger charge is 2.20. The summed E-state index contributed by atoms with van der Waals surface area (Å²) < 4.78 is 5.79. The van der Waals surface area contributed by atoms with Crippen LogP contribution in [0.2, 0.25) is 5.02 Å². The Bertz CT molecular complexity index is 596. The van der Waals surface area contributed by atoms with Crippen molar-refractivity contribution >= 4 is 11.6 Å². The molecule has 18 heavy (non-hydrogen) atoms.